The molecule has 2 N–H and O–H groups in total. The Morgan fingerprint density at radius 3 is 2.90 bits per heavy atom. The van der Waals surface area contributed by atoms with Gasteiger partial charge >= 0.3 is 5.97 Å². The third kappa shape index (κ3) is 2.86. The van der Waals surface area contributed by atoms with E-state index in [1.165, 1.54) is 0 Å². The van der Waals surface area contributed by atoms with Crippen LogP contribution in [-0.2, 0) is 6.54 Å². The van der Waals surface area contributed by atoms with Crippen molar-refractivity contribution in [1.29, 1.82) is 0 Å². The summed E-state index contributed by atoms with van der Waals surface area (Å²) in [4.78, 5) is 13.2. The van der Waals surface area contributed by atoms with Crippen molar-refractivity contribution in [3.63, 3.8) is 0 Å². The van der Waals surface area contributed by atoms with Crippen LogP contribution < -0.4 is 0 Å². The molecule has 0 amide bonds. The lowest BCUT2D eigenvalue weighted by molar-refractivity contribution is -0.0501. The van der Waals surface area contributed by atoms with Gasteiger partial charge in [0, 0.05) is 13.1 Å². The normalized spacial score (nSPS) is 27.4. The maximum Gasteiger partial charge on any atom is 0.335 e. The monoisotopic (exact) mass is 275 g/mol. The number of carboxylic acids is 1. The number of rotatable bonds is 4. The summed E-state index contributed by atoms with van der Waals surface area (Å²) in [5.41, 5.74) is 0.824. The van der Waals surface area contributed by atoms with Crippen LogP contribution in [0.1, 0.15) is 41.6 Å². The fraction of sp³-hybridized carbons (Fsp3) is 0.562. The summed E-state index contributed by atoms with van der Waals surface area (Å²) in [6.07, 6.45) is 4.23. The molecule has 1 saturated heterocycles. The Labute approximate surface area is 119 Å². The Balaban J connectivity index is 1.68. The van der Waals surface area contributed by atoms with Crippen molar-refractivity contribution in [3.05, 3.63) is 35.4 Å². The molecule has 1 aliphatic carbocycles. The van der Waals surface area contributed by atoms with Gasteiger partial charge in [-0.05, 0) is 55.8 Å². The van der Waals surface area contributed by atoms with Crippen LogP contribution in [-0.4, -0.2) is 39.8 Å². The number of β-amino-alcohol motifs (C(OH)–C–C–N with tert-alkyl or cyclic N) is 1. The Bertz CT molecular complexity index is 512. The van der Waals surface area contributed by atoms with Crippen molar-refractivity contribution in [2.45, 2.75) is 37.8 Å². The van der Waals surface area contributed by atoms with Gasteiger partial charge in [-0.3, -0.25) is 4.90 Å². The van der Waals surface area contributed by atoms with Gasteiger partial charge in [0.1, 0.15) is 0 Å². The molecule has 1 atom stereocenters. The summed E-state index contributed by atoms with van der Waals surface area (Å²) in [6.45, 7) is 2.41. The van der Waals surface area contributed by atoms with Crippen molar-refractivity contribution in [3.8, 4) is 0 Å². The molecule has 2 fully saturated rings. The highest BCUT2D eigenvalue weighted by molar-refractivity contribution is 5.87. The minimum absolute atomic E-state index is 0.331. The van der Waals surface area contributed by atoms with E-state index in [2.05, 4.69) is 4.90 Å². The zero-order valence-electron chi connectivity index (χ0n) is 11.6. The second-order valence-electron chi connectivity index (χ2n) is 6.20. The third-order valence-electron chi connectivity index (χ3n) is 4.50. The lowest BCUT2D eigenvalue weighted by Crippen LogP contribution is -2.49. The number of benzene rings is 1. The van der Waals surface area contributed by atoms with Gasteiger partial charge in [-0.15, -0.1) is 0 Å². The predicted molar refractivity (Wildman–Crippen MR) is 75.6 cm³/mol. The van der Waals surface area contributed by atoms with Crippen molar-refractivity contribution in [2.75, 3.05) is 13.1 Å². The van der Waals surface area contributed by atoms with E-state index >= 15 is 0 Å². The van der Waals surface area contributed by atoms with E-state index in [9.17, 15) is 9.90 Å². The molecule has 1 aromatic carbocycles. The Kier molecular flexibility index (Phi) is 3.52. The molecule has 108 valence electrons. The van der Waals surface area contributed by atoms with E-state index in [4.69, 9.17) is 5.11 Å². The summed E-state index contributed by atoms with van der Waals surface area (Å²) in [5, 5.41) is 19.7. The summed E-state index contributed by atoms with van der Waals surface area (Å²) >= 11 is 0. The van der Waals surface area contributed by atoms with Crippen LogP contribution in [0.25, 0.3) is 0 Å². The van der Waals surface area contributed by atoms with Gasteiger partial charge < -0.3 is 10.2 Å². The summed E-state index contributed by atoms with van der Waals surface area (Å²) in [5.74, 6) is -0.407. The maximum absolute atomic E-state index is 11.0. The van der Waals surface area contributed by atoms with Crippen LogP contribution >= 0.6 is 0 Å². The molecule has 4 nitrogen and oxygen atoms in total. The predicted octanol–water partition coefficient (Wildman–Crippen LogP) is 2.12. The van der Waals surface area contributed by atoms with Crippen LogP contribution in [0.4, 0.5) is 0 Å². The average molecular weight is 275 g/mol. The van der Waals surface area contributed by atoms with Crippen LogP contribution in [0, 0.1) is 5.92 Å². The number of carboxylic acid groups (broad SMARTS) is 1. The zero-order chi connectivity index (χ0) is 14.2. The van der Waals surface area contributed by atoms with E-state index in [0.29, 0.717) is 11.5 Å². The average Bonchev–Trinajstić information content (AvgIpc) is 3.23. The number of aliphatic hydroxyl groups is 1. The largest absolute Gasteiger partial charge is 0.478 e. The van der Waals surface area contributed by atoms with E-state index < -0.39 is 11.6 Å². The van der Waals surface area contributed by atoms with Crippen LogP contribution in [0.3, 0.4) is 0 Å². The fourth-order valence-corrected chi connectivity index (χ4v) is 3.30. The lowest BCUT2D eigenvalue weighted by atomic mass is 9.88. The van der Waals surface area contributed by atoms with E-state index in [1.54, 1.807) is 18.2 Å². The van der Waals surface area contributed by atoms with Gasteiger partial charge in [0.05, 0.1) is 11.2 Å². The summed E-state index contributed by atoms with van der Waals surface area (Å²) < 4.78 is 0. The highest BCUT2D eigenvalue weighted by Gasteiger charge is 2.45. The number of carbonyl (C=O) groups is 1. The quantitative estimate of drug-likeness (QED) is 0.883. The molecule has 2 aliphatic rings. The smallest absolute Gasteiger partial charge is 0.335 e. The first-order valence-corrected chi connectivity index (χ1v) is 7.34. The number of nitrogens with zero attached hydrogens (tertiary/aromatic N) is 1. The van der Waals surface area contributed by atoms with Gasteiger partial charge in [-0.2, -0.15) is 0 Å². The van der Waals surface area contributed by atoms with Crippen LogP contribution in [0.2, 0.25) is 0 Å². The van der Waals surface area contributed by atoms with E-state index in [0.717, 1.165) is 50.9 Å². The molecule has 0 radical (unpaired) electrons. The number of likely N-dealkylation sites (tertiary alicyclic amines) is 1. The van der Waals surface area contributed by atoms with Gasteiger partial charge in [0.15, 0.2) is 0 Å². The standard InChI is InChI=1S/C16H21NO3/c18-15(19)13-4-1-3-12(9-13)10-17-8-2-7-16(20,11-17)14-5-6-14/h1,3-4,9,14,20H,2,5-8,10-11H2,(H,18,19). The fourth-order valence-electron chi connectivity index (χ4n) is 3.30. The zero-order valence-corrected chi connectivity index (χ0v) is 11.6. The Morgan fingerprint density at radius 1 is 1.40 bits per heavy atom. The molecule has 1 aliphatic heterocycles. The molecule has 0 bridgehead atoms. The van der Waals surface area contributed by atoms with Crippen molar-refractivity contribution < 1.29 is 15.0 Å². The topological polar surface area (TPSA) is 60.8 Å². The first kappa shape index (κ1) is 13.6. The highest BCUT2D eigenvalue weighted by Crippen LogP contribution is 2.44. The van der Waals surface area contributed by atoms with Gasteiger partial charge in [0.2, 0.25) is 0 Å². The molecule has 1 aromatic rings. The second-order valence-corrected chi connectivity index (χ2v) is 6.20. The molecule has 0 aromatic heterocycles. The summed E-state index contributed by atoms with van der Waals surface area (Å²) in [7, 11) is 0. The van der Waals surface area contributed by atoms with Crippen molar-refractivity contribution in [1.82, 2.24) is 4.90 Å². The minimum Gasteiger partial charge on any atom is -0.478 e. The number of hydrogen-bond donors (Lipinski definition) is 2. The van der Waals surface area contributed by atoms with Gasteiger partial charge in [-0.25, -0.2) is 4.79 Å². The van der Waals surface area contributed by atoms with E-state index in [1.807, 2.05) is 6.07 Å². The molecule has 3 rings (SSSR count). The second kappa shape index (κ2) is 5.19. The van der Waals surface area contributed by atoms with Crippen LogP contribution in [0.5, 0.6) is 0 Å². The molecule has 1 unspecified atom stereocenters. The highest BCUT2D eigenvalue weighted by atomic mass is 16.4. The van der Waals surface area contributed by atoms with E-state index in [-0.39, 0.29) is 0 Å². The molecule has 4 heteroatoms. The Morgan fingerprint density at radius 2 is 2.20 bits per heavy atom. The van der Waals surface area contributed by atoms with Gasteiger partial charge in [-0.1, -0.05) is 12.1 Å². The van der Waals surface area contributed by atoms with Crippen LogP contribution in [0.15, 0.2) is 24.3 Å². The minimum atomic E-state index is -0.889. The first-order valence-electron chi connectivity index (χ1n) is 7.34. The number of aromatic carboxylic acids is 1. The molecule has 1 heterocycles. The molecule has 1 saturated carbocycles. The molecule has 0 spiro atoms. The van der Waals surface area contributed by atoms with Crippen molar-refractivity contribution >= 4 is 5.97 Å². The molecule has 20 heavy (non-hydrogen) atoms. The first-order chi connectivity index (χ1) is 9.57. The van der Waals surface area contributed by atoms with Crippen molar-refractivity contribution in [2.24, 2.45) is 5.92 Å². The SMILES string of the molecule is O=C(O)c1cccc(CN2CCCC(O)(C3CC3)C2)c1. The third-order valence-corrected chi connectivity index (χ3v) is 4.50. The molecular weight excluding hydrogens is 254 g/mol. The van der Waals surface area contributed by atoms with Gasteiger partial charge in [0.25, 0.3) is 0 Å². The maximum atomic E-state index is 11.0. The Hall–Kier alpha value is -1.39. The summed E-state index contributed by atoms with van der Waals surface area (Å²) in [6, 6.07) is 7.09. The molecular formula is C16H21NO3. The number of hydrogen-bond acceptors (Lipinski definition) is 3. The lowest BCUT2D eigenvalue weighted by Gasteiger charge is -2.39. The number of piperidine rings is 1.